The van der Waals surface area contributed by atoms with Crippen LogP contribution in [0.5, 0.6) is 5.75 Å². The van der Waals surface area contributed by atoms with E-state index in [1.807, 2.05) is 13.8 Å². The largest absolute Gasteiger partial charge is 0.444 e. The summed E-state index contributed by atoms with van der Waals surface area (Å²) in [6.07, 6.45) is 0.105. The second-order valence-corrected chi connectivity index (χ2v) is 9.29. The molecule has 6 nitrogen and oxygen atoms in total. The van der Waals surface area contributed by atoms with Crippen LogP contribution in [0.25, 0.3) is 0 Å². The fraction of sp³-hybridized carbons (Fsp3) is 0.381. The zero-order valence-electron chi connectivity index (χ0n) is 16.9. The van der Waals surface area contributed by atoms with Gasteiger partial charge in [0.1, 0.15) is 16.2 Å². The third-order valence-corrected chi connectivity index (χ3v) is 5.01. The Bertz CT molecular complexity index is 897. The van der Waals surface area contributed by atoms with Crippen LogP contribution in [0.2, 0.25) is 0 Å². The molecule has 0 fully saturated rings. The molecule has 2 rings (SSSR count). The second kappa shape index (κ2) is 8.65. The van der Waals surface area contributed by atoms with Crippen molar-refractivity contribution in [2.24, 2.45) is 0 Å². The number of benzene rings is 2. The summed E-state index contributed by atoms with van der Waals surface area (Å²) >= 11 is 0. The molecule has 1 N–H and O–H groups in total. The van der Waals surface area contributed by atoms with Gasteiger partial charge in [0.15, 0.2) is 0 Å². The first kappa shape index (κ1) is 21.8. The lowest BCUT2D eigenvalue weighted by atomic mass is 10.1. The van der Waals surface area contributed by atoms with Crippen molar-refractivity contribution in [3.05, 3.63) is 59.7 Å². The van der Waals surface area contributed by atoms with E-state index in [1.165, 1.54) is 12.1 Å². The maximum absolute atomic E-state index is 12.3. The minimum absolute atomic E-state index is 0.109. The Morgan fingerprint density at radius 3 is 2.14 bits per heavy atom. The Balaban J connectivity index is 1.96. The summed E-state index contributed by atoms with van der Waals surface area (Å²) in [5, 5.41) is 2.78. The van der Waals surface area contributed by atoms with Crippen LogP contribution in [0.4, 0.5) is 4.79 Å². The maximum atomic E-state index is 12.3. The fourth-order valence-corrected chi connectivity index (χ4v) is 3.40. The average molecular weight is 406 g/mol. The lowest BCUT2D eigenvalue weighted by molar-refractivity contribution is 0.0508. The van der Waals surface area contributed by atoms with Gasteiger partial charge in [-0.15, -0.1) is 0 Å². The minimum Gasteiger partial charge on any atom is -0.444 e. The van der Waals surface area contributed by atoms with Gasteiger partial charge in [0.25, 0.3) is 0 Å². The molecule has 0 saturated heterocycles. The van der Waals surface area contributed by atoms with Crippen LogP contribution < -0.4 is 9.50 Å². The van der Waals surface area contributed by atoms with Gasteiger partial charge in [-0.05, 0) is 70.9 Å². The van der Waals surface area contributed by atoms with Crippen LogP contribution >= 0.6 is 0 Å². The average Bonchev–Trinajstić information content (AvgIpc) is 2.55. The summed E-state index contributed by atoms with van der Waals surface area (Å²) < 4.78 is 35.1. The summed E-state index contributed by atoms with van der Waals surface area (Å²) in [5.41, 5.74) is 1.35. The number of ether oxygens (including phenoxy) is 1. The smallest absolute Gasteiger partial charge is 0.407 e. The number of carbonyl (C=O) groups is 1. The fourth-order valence-electron chi connectivity index (χ4n) is 2.47. The van der Waals surface area contributed by atoms with E-state index < -0.39 is 21.8 Å². The van der Waals surface area contributed by atoms with Crippen molar-refractivity contribution in [3.8, 4) is 5.75 Å². The van der Waals surface area contributed by atoms with Gasteiger partial charge < -0.3 is 14.2 Å². The highest BCUT2D eigenvalue weighted by Gasteiger charge is 2.18. The van der Waals surface area contributed by atoms with Crippen molar-refractivity contribution >= 4 is 16.2 Å². The van der Waals surface area contributed by atoms with Crippen molar-refractivity contribution in [3.63, 3.8) is 0 Å². The standard InChI is InChI=1S/C21H27NO5S/c1-15-6-12-19(13-7-15)28(24,25)27-18-10-8-17(9-11-18)14-16(2)22-20(23)26-21(3,4)5/h6-13,16H,14H2,1-5H3,(H,22,23). The molecular weight excluding hydrogens is 378 g/mol. The first-order valence-corrected chi connectivity index (χ1v) is 10.4. The molecular formula is C21H27NO5S. The molecule has 0 aliphatic heterocycles. The number of hydrogen-bond donors (Lipinski definition) is 1. The zero-order chi connectivity index (χ0) is 20.9. The monoisotopic (exact) mass is 405 g/mol. The molecule has 0 heterocycles. The van der Waals surface area contributed by atoms with E-state index in [-0.39, 0.29) is 16.7 Å². The second-order valence-electron chi connectivity index (χ2n) is 7.75. The predicted octanol–water partition coefficient (Wildman–Crippen LogP) is 4.22. The summed E-state index contributed by atoms with van der Waals surface area (Å²) in [7, 11) is -3.87. The van der Waals surface area contributed by atoms with Crippen LogP contribution in [0.1, 0.15) is 38.8 Å². The Kier molecular flexibility index (Phi) is 6.72. The Morgan fingerprint density at radius 2 is 1.61 bits per heavy atom. The van der Waals surface area contributed by atoms with Gasteiger partial charge in [0.05, 0.1) is 0 Å². The van der Waals surface area contributed by atoms with Gasteiger partial charge in [-0.25, -0.2) is 4.79 Å². The first-order valence-electron chi connectivity index (χ1n) is 9.04. The number of alkyl carbamates (subject to hydrolysis) is 1. The lowest BCUT2D eigenvalue weighted by Gasteiger charge is -2.22. The van der Waals surface area contributed by atoms with Gasteiger partial charge in [-0.2, -0.15) is 8.42 Å². The highest BCUT2D eigenvalue weighted by Crippen LogP contribution is 2.20. The third-order valence-electron chi connectivity index (χ3n) is 3.74. The van der Waals surface area contributed by atoms with Gasteiger partial charge in [-0.1, -0.05) is 29.8 Å². The van der Waals surface area contributed by atoms with E-state index in [4.69, 9.17) is 8.92 Å². The number of amides is 1. The SMILES string of the molecule is Cc1ccc(S(=O)(=O)Oc2ccc(CC(C)NC(=O)OC(C)(C)C)cc2)cc1. The highest BCUT2D eigenvalue weighted by molar-refractivity contribution is 7.87. The van der Waals surface area contributed by atoms with Crippen LogP contribution in [0, 0.1) is 6.92 Å². The number of rotatable bonds is 6. The number of carbonyl (C=O) groups excluding carboxylic acids is 1. The summed E-state index contributed by atoms with van der Waals surface area (Å²) in [6.45, 7) is 9.17. The van der Waals surface area contributed by atoms with Crippen LogP contribution in [0.15, 0.2) is 53.4 Å². The topological polar surface area (TPSA) is 81.7 Å². The van der Waals surface area contributed by atoms with Crippen molar-refractivity contribution < 1.29 is 22.1 Å². The predicted molar refractivity (Wildman–Crippen MR) is 108 cm³/mol. The zero-order valence-corrected chi connectivity index (χ0v) is 17.7. The Morgan fingerprint density at radius 1 is 1.04 bits per heavy atom. The molecule has 0 aliphatic rings. The van der Waals surface area contributed by atoms with E-state index in [1.54, 1.807) is 57.2 Å². The Hall–Kier alpha value is -2.54. The highest BCUT2D eigenvalue weighted by atomic mass is 32.2. The molecule has 0 aromatic heterocycles. The molecule has 0 saturated carbocycles. The quantitative estimate of drug-likeness (QED) is 0.728. The molecule has 152 valence electrons. The molecule has 1 atom stereocenters. The van der Waals surface area contributed by atoms with Crippen LogP contribution in [0.3, 0.4) is 0 Å². The third kappa shape index (κ3) is 6.88. The van der Waals surface area contributed by atoms with Gasteiger partial charge in [0, 0.05) is 6.04 Å². The normalized spacial score (nSPS) is 12.9. The van der Waals surface area contributed by atoms with Crippen molar-refractivity contribution in [2.75, 3.05) is 0 Å². The van der Waals surface area contributed by atoms with Crippen molar-refractivity contribution in [1.29, 1.82) is 0 Å². The van der Waals surface area contributed by atoms with Crippen molar-refractivity contribution in [1.82, 2.24) is 5.32 Å². The number of hydrogen-bond acceptors (Lipinski definition) is 5. The molecule has 7 heteroatoms. The minimum atomic E-state index is -3.87. The molecule has 0 spiro atoms. The molecule has 1 unspecified atom stereocenters. The molecule has 0 radical (unpaired) electrons. The molecule has 2 aromatic carbocycles. The van der Waals surface area contributed by atoms with Crippen molar-refractivity contribution in [2.45, 2.75) is 57.6 Å². The van der Waals surface area contributed by atoms with Gasteiger partial charge in [0.2, 0.25) is 0 Å². The van der Waals surface area contributed by atoms with E-state index >= 15 is 0 Å². The number of aryl methyl sites for hydroxylation is 1. The summed E-state index contributed by atoms with van der Waals surface area (Å²) in [4.78, 5) is 11.9. The van der Waals surface area contributed by atoms with Crippen LogP contribution in [-0.2, 0) is 21.3 Å². The van der Waals surface area contributed by atoms with E-state index in [0.717, 1.165) is 11.1 Å². The molecule has 28 heavy (non-hydrogen) atoms. The lowest BCUT2D eigenvalue weighted by Crippen LogP contribution is -2.38. The van der Waals surface area contributed by atoms with E-state index in [9.17, 15) is 13.2 Å². The van der Waals surface area contributed by atoms with E-state index in [2.05, 4.69) is 5.32 Å². The van der Waals surface area contributed by atoms with Gasteiger partial charge >= 0.3 is 16.2 Å². The van der Waals surface area contributed by atoms with Crippen LogP contribution in [-0.4, -0.2) is 26.2 Å². The maximum Gasteiger partial charge on any atom is 0.407 e. The summed E-state index contributed by atoms with van der Waals surface area (Å²) in [6, 6.07) is 13.1. The molecule has 0 aliphatic carbocycles. The molecule has 1 amide bonds. The van der Waals surface area contributed by atoms with E-state index in [0.29, 0.717) is 6.42 Å². The summed E-state index contributed by atoms with van der Waals surface area (Å²) in [5.74, 6) is 0.233. The molecule has 2 aromatic rings. The number of nitrogens with one attached hydrogen (secondary N) is 1. The molecule has 0 bridgehead atoms. The Labute approximate surface area is 167 Å². The van der Waals surface area contributed by atoms with Gasteiger partial charge in [-0.3, -0.25) is 0 Å². The first-order chi connectivity index (χ1) is 12.9.